The minimum Gasteiger partial charge on any atom is -0.353 e. The number of likely N-dealkylation sites (tertiary alicyclic amines) is 1. The number of rotatable bonds is 4. The summed E-state index contributed by atoms with van der Waals surface area (Å²) in [6.45, 7) is 3.25. The summed E-state index contributed by atoms with van der Waals surface area (Å²) in [7, 11) is 0. The molecule has 1 fully saturated rings. The van der Waals surface area contributed by atoms with Crippen LogP contribution in [-0.4, -0.2) is 28.0 Å². The maximum absolute atomic E-state index is 4.60. The highest BCUT2D eigenvalue weighted by atomic mass is 15.1. The zero-order valence-electron chi connectivity index (χ0n) is 16.0. The Kier molecular flexibility index (Phi) is 4.67. The molecule has 1 N–H and O–H groups in total. The average molecular weight is 367 g/mol. The second-order valence-corrected chi connectivity index (χ2v) is 7.70. The molecule has 3 nitrogen and oxygen atoms in total. The number of benzene rings is 2. The molecule has 0 bridgehead atoms. The predicted octanol–water partition coefficient (Wildman–Crippen LogP) is 5.61. The Hall–Kier alpha value is -2.91. The van der Waals surface area contributed by atoms with E-state index in [4.69, 9.17) is 0 Å². The number of fused-ring (bicyclic) bond motifs is 1. The molecule has 5 rings (SSSR count). The number of hydrogen-bond donors (Lipinski definition) is 1. The third kappa shape index (κ3) is 3.34. The molecule has 0 unspecified atom stereocenters. The molecule has 0 amide bonds. The summed E-state index contributed by atoms with van der Waals surface area (Å²) in [5, 5.41) is 1.31. The van der Waals surface area contributed by atoms with Crippen molar-refractivity contribution in [2.45, 2.75) is 25.3 Å². The van der Waals surface area contributed by atoms with Gasteiger partial charge in [0.1, 0.15) is 0 Å². The van der Waals surface area contributed by atoms with Crippen LogP contribution < -0.4 is 0 Å². The molecule has 0 saturated carbocycles. The lowest BCUT2D eigenvalue weighted by atomic mass is 9.89. The maximum Gasteiger partial charge on any atom is 0.0868 e. The molecule has 1 saturated heterocycles. The minimum atomic E-state index is 0.690. The fourth-order valence-corrected chi connectivity index (χ4v) is 4.47. The third-order valence-electron chi connectivity index (χ3n) is 5.97. The Morgan fingerprint density at radius 1 is 0.857 bits per heavy atom. The van der Waals surface area contributed by atoms with Crippen LogP contribution in [-0.2, 0) is 6.54 Å². The van der Waals surface area contributed by atoms with Crippen LogP contribution in [0.3, 0.4) is 0 Å². The molecule has 28 heavy (non-hydrogen) atoms. The molecule has 0 aliphatic carbocycles. The van der Waals surface area contributed by atoms with Crippen LogP contribution in [0.4, 0.5) is 0 Å². The molecule has 3 heteroatoms. The lowest BCUT2D eigenvalue weighted by molar-refractivity contribution is 0.205. The molecule has 2 aromatic carbocycles. The minimum absolute atomic E-state index is 0.690. The van der Waals surface area contributed by atoms with Crippen molar-refractivity contribution >= 4 is 10.9 Å². The number of aromatic nitrogens is 2. The molecule has 0 radical (unpaired) electrons. The van der Waals surface area contributed by atoms with Crippen molar-refractivity contribution in [2.24, 2.45) is 0 Å². The van der Waals surface area contributed by atoms with E-state index in [0.717, 1.165) is 31.0 Å². The first-order chi connectivity index (χ1) is 13.9. The number of nitrogens with zero attached hydrogens (tertiary/aromatic N) is 2. The van der Waals surface area contributed by atoms with Gasteiger partial charge in [0.25, 0.3) is 0 Å². The van der Waals surface area contributed by atoms with Crippen molar-refractivity contribution in [3.05, 3.63) is 90.1 Å². The van der Waals surface area contributed by atoms with Gasteiger partial charge in [-0.05, 0) is 55.6 Å². The molecule has 0 atom stereocenters. The smallest absolute Gasteiger partial charge is 0.0868 e. The number of nitrogens with one attached hydrogen (secondary N) is 1. The van der Waals surface area contributed by atoms with E-state index >= 15 is 0 Å². The summed E-state index contributed by atoms with van der Waals surface area (Å²) in [4.78, 5) is 10.8. The summed E-state index contributed by atoms with van der Waals surface area (Å²) in [6.07, 6.45) is 4.33. The summed E-state index contributed by atoms with van der Waals surface area (Å²) in [5.41, 5.74) is 6.23. The third-order valence-corrected chi connectivity index (χ3v) is 5.97. The summed E-state index contributed by atoms with van der Waals surface area (Å²) >= 11 is 0. The quantitative estimate of drug-likeness (QED) is 0.508. The molecular formula is C25H25N3. The topological polar surface area (TPSA) is 31.9 Å². The Morgan fingerprint density at radius 3 is 2.39 bits per heavy atom. The van der Waals surface area contributed by atoms with Gasteiger partial charge >= 0.3 is 0 Å². The van der Waals surface area contributed by atoms with Crippen LogP contribution in [0.5, 0.6) is 0 Å². The number of H-pyrrole nitrogens is 1. The Bertz CT molecular complexity index is 1050. The van der Waals surface area contributed by atoms with Gasteiger partial charge < -0.3 is 4.98 Å². The van der Waals surface area contributed by atoms with Crippen LogP contribution in [0.15, 0.2) is 79.0 Å². The fraction of sp³-hybridized carbons (Fsp3) is 0.240. The zero-order valence-corrected chi connectivity index (χ0v) is 16.0. The highest BCUT2D eigenvalue weighted by Crippen LogP contribution is 2.33. The van der Waals surface area contributed by atoms with E-state index in [1.807, 2.05) is 12.3 Å². The van der Waals surface area contributed by atoms with E-state index in [2.05, 4.69) is 81.6 Å². The van der Waals surface area contributed by atoms with Gasteiger partial charge in [-0.2, -0.15) is 0 Å². The van der Waals surface area contributed by atoms with E-state index in [-0.39, 0.29) is 0 Å². The van der Waals surface area contributed by atoms with Gasteiger partial charge in [0, 0.05) is 29.2 Å². The fourth-order valence-electron chi connectivity index (χ4n) is 4.47. The van der Waals surface area contributed by atoms with Crippen molar-refractivity contribution < 1.29 is 0 Å². The van der Waals surface area contributed by atoms with Crippen LogP contribution in [0.25, 0.3) is 22.3 Å². The van der Waals surface area contributed by atoms with Crippen molar-refractivity contribution in [3.8, 4) is 11.4 Å². The van der Waals surface area contributed by atoms with E-state index in [1.165, 1.54) is 34.9 Å². The highest BCUT2D eigenvalue weighted by molar-refractivity contribution is 5.90. The van der Waals surface area contributed by atoms with Crippen molar-refractivity contribution in [3.63, 3.8) is 0 Å². The number of para-hydroxylation sites is 1. The molecule has 0 spiro atoms. The monoisotopic (exact) mass is 367 g/mol. The number of aromatic amines is 1. The molecule has 4 aromatic rings. The molecule has 140 valence electrons. The van der Waals surface area contributed by atoms with Gasteiger partial charge in [0.2, 0.25) is 0 Å². The first kappa shape index (κ1) is 17.2. The van der Waals surface area contributed by atoms with Gasteiger partial charge in [-0.1, -0.05) is 54.6 Å². The lowest BCUT2D eigenvalue weighted by Gasteiger charge is -2.32. The van der Waals surface area contributed by atoms with Gasteiger partial charge in [-0.25, -0.2) is 0 Å². The van der Waals surface area contributed by atoms with Gasteiger partial charge in [-0.3, -0.25) is 9.88 Å². The number of hydrogen-bond acceptors (Lipinski definition) is 2. The molecule has 2 aromatic heterocycles. The van der Waals surface area contributed by atoms with Crippen LogP contribution in [0, 0.1) is 0 Å². The first-order valence-corrected chi connectivity index (χ1v) is 10.2. The van der Waals surface area contributed by atoms with Crippen molar-refractivity contribution in [2.75, 3.05) is 13.1 Å². The second kappa shape index (κ2) is 7.61. The van der Waals surface area contributed by atoms with Gasteiger partial charge in [-0.15, -0.1) is 0 Å². The summed E-state index contributed by atoms with van der Waals surface area (Å²) < 4.78 is 0. The average Bonchev–Trinajstić information content (AvgIpc) is 3.14. The summed E-state index contributed by atoms with van der Waals surface area (Å²) in [6, 6.07) is 25.7. The Morgan fingerprint density at radius 2 is 1.61 bits per heavy atom. The van der Waals surface area contributed by atoms with Gasteiger partial charge in [0.05, 0.1) is 11.4 Å². The van der Waals surface area contributed by atoms with E-state index in [0.29, 0.717) is 5.92 Å². The molecule has 1 aliphatic rings. The maximum atomic E-state index is 4.60. The molecule has 1 aliphatic heterocycles. The largest absolute Gasteiger partial charge is 0.353 e. The number of piperidine rings is 1. The van der Waals surface area contributed by atoms with E-state index in [1.54, 1.807) is 0 Å². The number of pyridine rings is 1. The zero-order chi connectivity index (χ0) is 18.8. The standard InChI is InChI=1S/C25H25N3/c1-2-8-19(9-3-1)20-13-16-28(17-14-20)18-22-21-10-4-5-11-23(21)27-25(22)24-12-6-7-15-26-24/h1-12,15,20,27H,13-14,16-18H2. The summed E-state index contributed by atoms with van der Waals surface area (Å²) in [5.74, 6) is 0.690. The predicted molar refractivity (Wildman–Crippen MR) is 115 cm³/mol. The normalized spacial score (nSPS) is 15.9. The Labute approximate surface area is 166 Å². The molecular weight excluding hydrogens is 342 g/mol. The lowest BCUT2D eigenvalue weighted by Crippen LogP contribution is -2.32. The van der Waals surface area contributed by atoms with Crippen molar-refractivity contribution in [1.82, 2.24) is 14.9 Å². The van der Waals surface area contributed by atoms with Gasteiger partial charge in [0.15, 0.2) is 0 Å². The highest BCUT2D eigenvalue weighted by Gasteiger charge is 2.23. The van der Waals surface area contributed by atoms with E-state index < -0.39 is 0 Å². The second-order valence-electron chi connectivity index (χ2n) is 7.70. The van der Waals surface area contributed by atoms with E-state index in [9.17, 15) is 0 Å². The first-order valence-electron chi connectivity index (χ1n) is 10.2. The van der Waals surface area contributed by atoms with Crippen LogP contribution in [0.2, 0.25) is 0 Å². The SMILES string of the molecule is c1ccc(C2CCN(Cc3c(-c4ccccn4)[nH]c4ccccc34)CC2)cc1. The van der Waals surface area contributed by atoms with Crippen LogP contribution >= 0.6 is 0 Å². The van der Waals surface area contributed by atoms with Crippen molar-refractivity contribution in [1.29, 1.82) is 0 Å². The van der Waals surface area contributed by atoms with Crippen LogP contribution in [0.1, 0.15) is 29.9 Å². The Balaban J connectivity index is 1.40. The molecule has 3 heterocycles.